The van der Waals surface area contributed by atoms with Crippen molar-refractivity contribution in [3.05, 3.63) is 17.7 Å². The summed E-state index contributed by atoms with van der Waals surface area (Å²) in [5.41, 5.74) is 0.847. The third-order valence-corrected chi connectivity index (χ3v) is 2.05. The summed E-state index contributed by atoms with van der Waals surface area (Å²) in [5.74, 6) is 1.72. The van der Waals surface area contributed by atoms with Crippen molar-refractivity contribution >= 4 is 11.9 Å². The first kappa shape index (κ1) is 11.9. The minimum absolute atomic E-state index is 0.276. The fraction of sp³-hybridized carbons (Fsp3) is 0.400. The Bertz CT molecular complexity index is 302. The van der Waals surface area contributed by atoms with E-state index >= 15 is 0 Å². The van der Waals surface area contributed by atoms with Crippen molar-refractivity contribution in [2.75, 3.05) is 21.3 Å². The molecule has 0 atom stereocenters. The normalized spacial score (nSPS) is 9.87. The molecule has 0 bridgehead atoms. The highest BCUT2D eigenvalue weighted by molar-refractivity contribution is 6.07. The summed E-state index contributed by atoms with van der Waals surface area (Å²) in [6.45, 7) is 0.276. The van der Waals surface area contributed by atoms with E-state index in [1.165, 1.54) is 0 Å². The Morgan fingerprint density at radius 2 is 1.53 bits per heavy atom. The Balaban J connectivity index is 3.16. The van der Waals surface area contributed by atoms with Gasteiger partial charge >= 0.3 is 0 Å². The Labute approximate surface area is 93.8 Å². The maximum atomic E-state index is 5.19. The van der Waals surface area contributed by atoms with E-state index in [9.17, 15) is 0 Å². The monoisotopic (exact) mass is 232 g/mol. The molecule has 0 aliphatic carbocycles. The van der Waals surface area contributed by atoms with Gasteiger partial charge in [-0.2, -0.15) is 0 Å². The predicted molar refractivity (Wildman–Crippen MR) is 56.7 cm³/mol. The van der Waals surface area contributed by atoms with Crippen molar-refractivity contribution in [3.8, 4) is 17.2 Å². The molecular weight excluding hydrogens is 220 g/mol. The molecule has 0 unspecified atom stereocenters. The van der Waals surface area contributed by atoms with E-state index in [-0.39, 0.29) is 6.61 Å². The zero-order chi connectivity index (χ0) is 11.3. The van der Waals surface area contributed by atoms with Gasteiger partial charge in [0, 0.05) is 0 Å². The molecule has 5 heteroatoms. The summed E-state index contributed by atoms with van der Waals surface area (Å²) in [6, 6.07) is 3.56. The lowest BCUT2D eigenvalue weighted by molar-refractivity contribution is 0.315. The van der Waals surface area contributed by atoms with Crippen LogP contribution in [0.25, 0.3) is 0 Å². The van der Waals surface area contributed by atoms with Crippen molar-refractivity contribution in [1.29, 1.82) is 0 Å². The minimum Gasteiger partial charge on any atom is -0.493 e. The van der Waals surface area contributed by atoms with Crippen molar-refractivity contribution in [2.45, 2.75) is 6.61 Å². The van der Waals surface area contributed by atoms with E-state index in [2.05, 4.69) is 4.29 Å². The smallest absolute Gasteiger partial charge is 0.203 e. The summed E-state index contributed by atoms with van der Waals surface area (Å²) in [4.78, 5) is 0. The number of rotatable bonds is 5. The first-order chi connectivity index (χ1) is 7.26. The number of hydrogen-bond donors (Lipinski definition) is 0. The molecular formula is C10H13ClO4. The molecule has 1 aromatic rings. The Hall–Kier alpha value is -1.13. The SMILES string of the molecule is COc1cc(COCl)cc(OC)c1OC. The summed E-state index contributed by atoms with van der Waals surface area (Å²) in [6.07, 6.45) is 0. The Kier molecular flexibility index (Phi) is 4.52. The van der Waals surface area contributed by atoms with Crippen LogP contribution in [0.15, 0.2) is 12.1 Å². The van der Waals surface area contributed by atoms with Gasteiger partial charge < -0.3 is 14.2 Å². The van der Waals surface area contributed by atoms with E-state index in [0.717, 1.165) is 5.56 Å². The summed E-state index contributed by atoms with van der Waals surface area (Å²) in [5, 5.41) is 0. The first-order valence-electron chi connectivity index (χ1n) is 4.29. The van der Waals surface area contributed by atoms with Gasteiger partial charge in [0.2, 0.25) is 5.75 Å². The quantitative estimate of drug-likeness (QED) is 0.781. The van der Waals surface area contributed by atoms with Crippen LogP contribution in [-0.4, -0.2) is 21.3 Å². The lowest BCUT2D eigenvalue weighted by Gasteiger charge is -2.13. The molecule has 0 amide bonds. The van der Waals surface area contributed by atoms with Gasteiger partial charge in [-0.25, -0.2) is 0 Å². The van der Waals surface area contributed by atoms with Crippen LogP contribution >= 0.6 is 11.9 Å². The number of methoxy groups -OCH3 is 3. The summed E-state index contributed by atoms with van der Waals surface area (Å²) >= 11 is 5.19. The third kappa shape index (κ3) is 2.67. The van der Waals surface area contributed by atoms with E-state index in [1.54, 1.807) is 33.5 Å². The number of halogens is 1. The highest BCUT2D eigenvalue weighted by Crippen LogP contribution is 2.38. The lowest BCUT2D eigenvalue weighted by Crippen LogP contribution is -1.97. The summed E-state index contributed by atoms with van der Waals surface area (Å²) in [7, 11) is 4.67. The molecule has 0 spiro atoms. The topological polar surface area (TPSA) is 36.9 Å². The van der Waals surface area contributed by atoms with Crippen LogP contribution in [0.4, 0.5) is 0 Å². The molecule has 0 heterocycles. The lowest BCUT2D eigenvalue weighted by atomic mass is 10.2. The molecule has 0 saturated heterocycles. The Morgan fingerprint density at radius 3 is 1.87 bits per heavy atom. The molecule has 15 heavy (non-hydrogen) atoms. The van der Waals surface area contributed by atoms with Crippen LogP contribution in [0.5, 0.6) is 17.2 Å². The zero-order valence-corrected chi connectivity index (χ0v) is 9.63. The van der Waals surface area contributed by atoms with Crippen LogP contribution in [0, 0.1) is 0 Å². The standard InChI is InChI=1S/C10H13ClO4/c1-12-8-4-7(6-15-11)5-9(13-2)10(8)14-3/h4-5H,6H2,1-3H3. The second-order valence-electron chi connectivity index (χ2n) is 2.79. The molecule has 84 valence electrons. The molecule has 1 rings (SSSR count). The average Bonchev–Trinajstić information content (AvgIpc) is 2.28. The molecule has 1 aromatic carbocycles. The fourth-order valence-corrected chi connectivity index (χ4v) is 1.41. The third-order valence-electron chi connectivity index (χ3n) is 1.95. The maximum Gasteiger partial charge on any atom is 0.203 e. The predicted octanol–water partition coefficient (Wildman–Crippen LogP) is 2.38. The fourth-order valence-electron chi connectivity index (χ4n) is 1.28. The van der Waals surface area contributed by atoms with Gasteiger partial charge in [0.25, 0.3) is 0 Å². The van der Waals surface area contributed by atoms with Crippen molar-refractivity contribution in [2.24, 2.45) is 0 Å². The van der Waals surface area contributed by atoms with E-state index in [4.69, 9.17) is 26.1 Å². The van der Waals surface area contributed by atoms with Gasteiger partial charge in [-0.05, 0) is 17.7 Å². The number of hydrogen-bond acceptors (Lipinski definition) is 4. The second-order valence-corrected chi connectivity index (χ2v) is 3.01. The first-order valence-corrected chi connectivity index (χ1v) is 4.60. The molecule has 0 aliphatic heterocycles. The summed E-state index contributed by atoms with van der Waals surface area (Å²) < 4.78 is 20.0. The van der Waals surface area contributed by atoms with Crippen LogP contribution in [-0.2, 0) is 10.9 Å². The average molecular weight is 233 g/mol. The molecule has 0 aromatic heterocycles. The highest BCUT2D eigenvalue weighted by Gasteiger charge is 2.12. The van der Waals surface area contributed by atoms with Gasteiger partial charge in [-0.3, -0.25) is 4.29 Å². The van der Waals surface area contributed by atoms with Crippen LogP contribution < -0.4 is 14.2 Å². The molecule has 4 nitrogen and oxygen atoms in total. The maximum absolute atomic E-state index is 5.19. The molecule has 0 N–H and O–H groups in total. The highest BCUT2D eigenvalue weighted by atomic mass is 35.5. The number of benzene rings is 1. The minimum atomic E-state index is 0.276. The van der Waals surface area contributed by atoms with Crippen molar-refractivity contribution in [3.63, 3.8) is 0 Å². The van der Waals surface area contributed by atoms with Crippen LogP contribution in [0.1, 0.15) is 5.56 Å². The molecule has 0 radical (unpaired) electrons. The van der Waals surface area contributed by atoms with Crippen molar-refractivity contribution in [1.82, 2.24) is 0 Å². The Morgan fingerprint density at radius 1 is 1.00 bits per heavy atom. The van der Waals surface area contributed by atoms with Gasteiger partial charge in [0.05, 0.1) is 39.8 Å². The molecule has 0 aliphatic rings. The van der Waals surface area contributed by atoms with Crippen LogP contribution in [0.3, 0.4) is 0 Å². The van der Waals surface area contributed by atoms with E-state index in [0.29, 0.717) is 17.2 Å². The second kappa shape index (κ2) is 5.68. The van der Waals surface area contributed by atoms with Crippen LogP contribution in [0.2, 0.25) is 0 Å². The largest absolute Gasteiger partial charge is 0.493 e. The van der Waals surface area contributed by atoms with Crippen molar-refractivity contribution < 1.29 is 18.5 Å². The molecule has 0 fully saturated rings. The van der Waals surface area contributed by atoms with E-state index in [1.807, 2.05) is 0 Å². The molecule has 0 saturated carbocycles. The zero-order valence-electron chi connectivity index (χ0n) is 8.87. The van der Waals surface area contributed by atoms with Gasteiger partial charge in [0.1, 0.15) is 0 Å². The van der Waals surface area contributed by atoms with Gasteiger partial charge in [-0.15, -0.1) is 0 Å². The van der Waals surface area contributed by atoms with Gasteiger partial charge in [-0.1, -0.05) is 0 Å². The van der Waals surface area contributed by atoms with Gasteiger partial charge in [0.15, 0.2) is 11.5 Å². The van der Waals surface area contributed by atoms with E-state index < -0.39 is 0 Å². The number of ether oxygens (including phenoxy) is 3.